The van der Waals surface area contributed by atoms with Crippen molar-refractivity contribution in [3.63, 3.8) is 0 Å². The first kappa shape index (κ1) is 13.6. The highest BCUT2D eigenvalue weighted by Gasteiger charge is 2.05. The lowest BCUT2D eigenvalue weighted by Gasteiger charge is -1.90. The maximum Gasteiger partial charge on any atom is 0.141 e. The number of aromatic nitrogens is 2. The monoisotopic (exact) mass is 303 g/mol. The van der Waals surface area contributed by atoms with Gasteiger partial charge in [-0.1, -0.05) is 18.2 Å². The SMILES string of the molecule is Cc1cc(C)c(C=c2[nH]/c(=C3\C=c4ccccc4=N3)cc2O)[nH]1. The number of benzene rings is 1. The van der Waals surface area contributed by atoms with Gasteiger partial charge in [0.1, 0.15) is 5.75 Å². The Morgan fingerprint density at radius 2 is 1.91 bits per heavy atom. The molecule has 0 fully saturated rings. The Morgan fingerprint density at radius 1 is 1.09 bits per heavy atom. The van der Waals surface area contributed by atoms with Crippen molar-refractivity contribution in [2.45, 2.75) is 13.8 Å². The molecule has 0 radical (unpaired) electrons. The summed E-state index contributed by atoms with van der Waals surface area (Å²) in [6.07, 6.45) is 3.94. The van der Waals surface area contributed by atoms with Crippen molar-refractivity contribution in [1.29, 1.82) is 0 Å². The summed E-state index contributed by atoms with van der Waals surface area (Å²) in [7, 11) is 0. The number of hydrogen-bond donors (Lipinski definition) is 3. The van der Waals surface area contributed by atoms with Crippen LogP contribution in [0.15, 0.2) is 41.4 Å². The molecule has 1 aliphatic heterocycles. The Labute approximate surface area is 132 Å². The van der Waals surface area contributed by atoms with Crippen molar-refractivity contribution in [3.05, 3.63) is 74.6 Å². The van der Waals surface area contributed by atoms with Crippen molar-refractivity contribution < 1.29 is 5.11 Å². The normalized spacial score (nSPS) is 16.2. The van der Waals surface area contributed by atoms with Gasteiger partial charge in [-0.3, -0.25) is 0 Å². The summed E-state index contributed by atoms with van der Waals surface area (Å²) in [5.41, 5.74) is 4.08. The number of rotatable bonds is 1. The van der Waals surface area contributed by atoms with Gasteiger partial charge in [0.15, 0.2) is 0 Å². The molecule has 0 saturated heterocycles. The average Bonchev–Trinajstić information content (AvgIpc) is 3.18. The first-order valence-electron chi connectivity index (χ1n) is 7.56. The number of para-hydroxylation sites is 1. The number of nitrogens with zero attached hydrogens (tertiary/aromatic N) is 1. The van der Waals surface area contributed by atoms with Crippen LogP contribution in [0.1, 0.15) is 17.0 Å². The van der Waals surface area contributed by atoms with Gasteiger partial charge in [0.25, 0.3) is 0 Å². The molecular formula is C19H17N3O. The zero-order valence-electron chi connectivity index (χ0n) is 13.0. The molecule has 1 aliphatic rings. The molecule has 0 saturated carbocycles. The van der Waals surface area contributed by atoms with Gasteiger partial charge in [0, 0.05) is 22.7 Å². The lowest BCUT2D eigenvalue weighted by Crippen LogP contribution is -2.19. The number of aromatic hydroxyl groups is 1. The molecule has 0 spiro atoms. The van der Waals surface area contributed by atoms with Gasteiger partial charge in [-0.15, -0.1) is 0 Å². The van der Waals surface area contributed by atoms with Crippen molar-refractivity contribution in [2.75, 3.05) is 0 Å². The van der Waals surface area contributed by atoms with Crippen LogP contribution in [0.25, 0.3) is 17.8 Å². The molecule has 4 heteroatoms. The van der Waals surface area contributed by atoms with E-state index in [0.29, 0.717) is 5.35 Å². The van der Waals surface area contributed by atoms with E-state index in [1.54, 1.807) is 6.07 Å². The van der Waals surface area contributed by atoms with Crippen LogP contribution in [0.2, 0.25) is 0 Å². The molecule has 0 atom stereocenters. The summed E-state index contributed by atoms with van der Waals surface area (Å²) >= 11 is 0. The third kappa shape index (κ3) is 2.38. The molecule has 4 nitrogen and oxygen atoms in total. The van der Waals surface area contributed by atoms with Gasteiger partial charge in [-0.05, 0) is 43.7 Å². The van der Waals surface area contributed by atoms with Crippen molar-refractivity contribution in [3.8, 4) is 5.75 Å². The minimum absolute atomic E-state index is 0.221. The highest BCUT2D eigenvalue weighted by molar-refractivity contribution is 5.76. The van der Waals surface area contributed by atoms with E-state index in [4.69, 9.17) is 0 Å². The van der Waals surface area contributed by atoms with Gasteiger partial charge in [0.2, 0.25) is 0 Å². The van der Waals surface area contributed by atoms with Gasteiger partial charge in [-0.2, -0.15) is 0 Å². The molecule has 4 rings (SSSR count). The molecule has 0 aliphatic carbocycles. The topological polar surface area (TPSA) is 64.2 Å². The zero-order valence-corrected chi connectivity index (χ0v) is 13.0. The predicted octanol–water partition coefficient (Wildman–Crippen LogP) is 0.716. The predicted molar refractivity (Wildman–Crippen MR) is 90.6 cm³/mol. The Morgan fingerprint density at radius 3 is 2.65 bits per heavy atom. The van der Waals surface area contributed by atoms with Crippen LogP contribution in [-0.2, 0) is 0 Å². The number of fused-ring (bicyclic) bond motifs is 1. The van der Waals surface area contributed by atoms with E-state index in [1.165, 1.54) is 0 Å². The zero-order chi connectivity index (χ0) is 16.0. The van der Waals surface area contributed by atoms with Gasteiger partial charge < -0.3 is 15.1 Å². The van der Waals surface area contributed by atoms with Gasteiger partial charge >= 0.3 is 0 Å². The molecule has 2 aromatic heterocycles. The fourth-order valence-electron chi connectivity index (χ4n) is 2.91. The molecule has 3 N–H and O–H groups in total. The molecular weight excluding hydrogens is 286 g/mol. The lowest BCUT2D eigenvalue weighted by atomic mass is 10.2. The van der Waals surface area contributed by atoms with Crippen LogP contribution >= 0.6 is 0 Å². The number of H-pyrrole nitrogens is 2. The smallest absolute Gasteiger partial charge is 0.141 e. The highest BCUT2D eigenvalue weighted by Crippen LogP contribution is 2.10. The quantitative estimate of drug-likeness (QED) is 0.609. The van der Waals surface area contributed by atoms with E-state index in [1.807, 2.05) is 50.3 Å². The highest BCUT2D eigenvalue weighted by atomic mass is 16.3. The van der Waals surface area contributed by atoms with E-state index < -0.39 is 0 Å². The van der Waals surface area contributed by atoms with Crippen molar-refractivity contribution in [1.82, 2.24) is 9.97 Å². The molecule has 0 unspecified atom stereocenters. The second kappa shape index (κ2) is 5.02. The average molecular weight is 303 g/mol. The third-order valence-corrected chi connectivity index (χ3v) is 4.05. The molecule has 23 heavy (non-hydrogen) atoms. The summed E-state index contributed by atoms with van der Waals surface area (Å²) in [5, 5.41) is 13.8. The van der Waals surface area contributed by atoms with E-state index in [9.17, 15) is 5.11 Å². The Balaban J connectivity index is 1.91. The largest absolute Gasteiger partial charge is 0.506 e. The van der Waals surface area contributed by atoms with Crippen LogP contribution in [0.4, 0.5) is 0 Å². The molecule has 0 bridgehead atoms. The summed E-state index contributed by atoms with van der Waals surface area (Å²) in [5.74, 6) is 0.221. The van der Waals surface area contributed by atoms with Crippen LogP contribution in [0, 0.1) is 13.8 Å². The van der Waals surface area contributed by atoms with E-state index in [0.717, 1.165) is 38.6 Å². The Kier molecular flexibility index (Phi) is 2.98. The lowest BCUT2D eigenvalue weighted by molar-refractivity contribution is 0.471. The van der Waals surface area contributed by atoms with Gasteiger partial charge in [0.05, 0.1) is 21.8 Å². The fourth-order valence-corrected chi connectivity index (χ4v) is 2.91. The summed E-state index contributed by atoms with van der Waals surface area (Å²) < 4.78 is 0. The first-order chi connectivity index (χ1) is 11.1. The number of hydrogen-bond acceptors (Lipinski definition) is 2. The number of aromatic amines is 2. The minimum Gasteiger partial charge on any atom is -0.506 e. The summed E-state index contributed by atoms with van der Waals surface area (Å²) in [4.78, 5) is 11.1. The number of nitrogens with one attached hydrogen (secondary N) is 2. The van der Waals surface area contributed by atoms with Crippen molar-refractivity contribution in [2.24, 2.45) is 4.99 Å². The molecule has 1 aromatic carbocycles. The second-order valence-electron chi connectivity index (χ2n) is 5.88. The van der Waals surface area contributed by atoms with Crippen LogP contribution in [-0.4, -0.2) is 15.1 Å². The minimum atomic E-state index is 0.221. The first-order valence-corrected chi connectivity index (χ1v) is 7.56. The third-order valence-electron chi connectivity index (χ3n) is 4.05. The molecule has 3 aromatic rings. The van der Waals surface area contributed by atoms with Gasteiger partial charge in [-0.25, -0.2) is 4.99 Å². The van der Waals surface area contributed by atoms with E-state index in [2.05, 4.69) is 21.0 Å². The molecule has 3 heterocycles. The number of aryl methyl sites for hydroxylation is 2. The maximum absolute atomic E-state index is 10.2. The van der Waals surface area contributed by atoms with Crippen LogP contribution < -0.4 is 21.3 Å². The Bertz CT molecular complexity index is 1110. The maximum atomic E-state index is 10.2. The van der Waals surface area contributed by atoms with E-state index in [-0.39, 0.29) is 5.75 Å². The van der Waals surface area contributed by atoms with Crippen molar-refractivity contribution >= 4 is 17.8 Å². The summed E-state index contributed by atoms with van der Waals surface area (Å²) in [6, 6.07) is 11.8. The molecule has 114 valence electrons. The van der Waals surface area contributed by atoms with Crippen LogP contribution in [0.5, 0.6) is 5.75 Å². The standard InChI is InChI=1S/C19H17N3O/c1-11-7-12(2)20-15(11)9-18-19(23)10-17(22-18)16-8-13-5-3-4-6-14(13)21-16/h3-10,20,22-23H,1-2H3/b17-16+,18-9?. The molecule has 0 amide bonds. The summed E-state index contributed by atoms with van der Waals surface area (Å²) in [6.45, 7) is 4.06. The van der Waals surface area contributed by atoms with Crippen LogP contribution in [0.3, 0.4) is 0 Å². The van der Waals surface area contributed by atoms with E-state index >= 15 is 0 Å². The Hall–Kier alpha value is -3.01. The fraction of sp³-hybridized carbons (Fsp3) is 0.105. The second-order valence-corrected chi connectivity index (χ2v) is 5.88.